The largest absolute Gasteiger partial charge is 0.481 e. The number of hydrogen-bond acceptors (Lipinski definition) is 3. The van der Waals surface area contributed by atoms with Gasteiger partial charge in [-0.1, -0.05) is 12.8 Å². The fourth-order valence-electron chi connectivity index (χ4n) is 3.83. The van der Waals surface area contributed by atoms with E-state index in [1.165, 1.54) is 32.1 Å². The lowest BCUT2D eigenvalue weighted by molar-refractivity contribution is 0.309. The second-order valence-corrected chi connectivity index (χ2v) is 6.49. The monoisotopic (exact) mass is 430 g/mol. The van der Waals surface area contributed by atoms with Crippen LogP contribution in [0.4, 0.5) is 0 Å². The van der Waals surface area contributed by atoms with Crippen LogP contribution in [0.1, 0.15) is 37.7 Å². The van der Waals surface area contributed by atoms with E-state index in [4.69, 9.17) is 4.74 Å². The molecule has 1 N–H and O–H groups in total. The van der Waals surface area contributed by atoms with E-state index in [9.17, 15) is 0 Å². The summed E-state index contributed by atoms with van der Waals surface area (Å²) >= 11 is 0. The average molecular weight is 430 g/mol. The highest BCUT2D eigenvalue weighted by atomic mass is 127. The Balaban J connectivity index is 0.00000192. The maximum absolute atomic E-state index is 5.17. The maximum Gasteiger partial charge on any atom is 0.213 e. The molecule has 6 heteroatoms. The van der Waals surface area contributed by atoms with Crippen molar-refractivity contribution in [1.82, 2.24) is 15.2 Å². The maximum atomic E-state index is 5.17. The molecule has 1 spiro atoms. The van der Waals surface area contributed by atoms with Gasteiger partial charge in [-0.05, 0) is 36.3 Å². The lowest BCUT2D eigenvalue weighted by Gasteiger charge is -2.26. The Morgan fingerprint density at radius 3 is 2.87 bits per heavy atom. The number of aliphatic imine (C=N–C) groups is 1. The summed E-state index contributed by atoms with van der Waals surface area (Å²) in [7, 11) is 3.51. The van der Waals surface area contributed by atoms with Crippen LogP contribution in [0.2, 0.25) is 0 Å². The van der Waals surface area contributed by atoms with Crippen LogP contribution in [0.15, 0.2) is 23.3 Å². The predicted octanol–water partition coefficient (Wildman–Crippen LogP) is 3.05. The van der Waals surface area contributed by atoms with Crippen LogP contribution >= 0.6 is 24.0 Å². The first-order valence-corrected chi connectivity index (χ1v) is 8.19. The van der Waals surface area contributed by atoms with E-state index in [1.807, 2.05) is 19.2 Å². The van der Waals surface area contributed by atoms with E-state index in [2.05, 4.69) is 20.2 Å². The number of halogens is 1. The zero-order chi connectivity index (χ0) is 15.4. The van der Waals surface area contributed by atoms with Gasteiger partial charge in [-0.3, -0.25) is 4.99 Å². The van der Waals surface area contributed by atoms with Crippen molar-refractivity contribution in [2.24, 2.45) is 10.4 Å². The summed E-state index contributed by atoms with van der Waals surface area (Å²) in [5.41, 5.74) is 1.72. The number of rotatable bonds is 3. The SMILES string of the molecule is CN=C(NCc1ccnc(OC)c1)N1CCC2(CCCC2)C1.I. The first-order chi connectivity index (χ1) is 10.7. The zero-order valence-electron chi connectivity index (χ0n) is 14.0. The molecular formula is C17H27IN4O. The normalized spacial score (nSPS) is 19.7. The number of methoxy groups -OCH3 is 1. The third-order valence-electron chi connectivity index (χ3n) is 5.07. The second kappa shape index (κ2) is 8.17. The van der Waals surface area contributed by atoms with Crippen molar-refractivity contribution >= 4 is 29.9 Å². The molecule has 3 rings (SSSR count). The fourth-order valence-corrected chi connectivity index (χ4v) is 3.83. The van der Waals surface area contributed by atoms with E-state index in [1.54, 1.807) is 13.3 Å². The van der Waals surface area contributed by atoms with E-state index in [-0.39, 0.29) is 24.0 Å². The fraction of sp³-hybridized carbons (Fsp3) is 0.647. The molecular weight excluding hydrogens is 403 g/mol. The lowest BCUT2D eigenvalue weighted by atomic mass is 9.86. The van der Waals surface area contributed by atoms with E-state index >= 15 is 0 Å². The smallest absolute Gasteiger partial charge is 0.213 e. The molecule has 128 valence electrons. The summed E-state index contributed by atoms with van der Waals surface area (Å²) in [6.45, 7) is 3.03. The number of nitrogens with zero attached hydrogens (tertiary/aromatic N) is 3. The minimum atomic E-state index is 0. The summed E-state index contributed by atoms with van der Waals surface area (Å²) in [5, 5.41) is 3.48. The minimum Gasteiger partial charge on any atom is -0.481 e. The van der Waals surface area contributed by atoms with Gasteiger partial charge in [-0.25, -0.2) is 4.98 Å². The van der Waals surface area contributed by atoms with Gasteiger partial charge in [0.2, 0.25) is 5.88 Å². The number of guanidine groups is 1. The Hall–Kier alpha value is -1.05. The molecule has 1 aliphatic heterocycles. The molecule has 23 heavy (non-hydrogen) atoms. The molecule has 0 aromatic carbocycles. The van der Waals surface area contributed by atoms with Gasteiger partial charge in [-0.2, -0.15) is 0 Å². The van der Waals surface area contributed by atoms with Gasteiger partial charge in [0.15, 0.2) is 5.96 Å². The van der Waals surface area contributed by atoms with Crippen LogP contribution in [0.25, 0.3) is 0 Å². The molecule has 1 aromatic heterocycles. The average Bonchev–Trinajstić information content (AvgIpc) is 3.19. The third-order valence-corrected chi connectivity index (χ3v) is 5.07. The molecule has 0 amide bonds. The van der Waals surface area contributed by atoms with Gasteiger partial charge in [0, 0.05) is 38.9 Å². The first kappa shape index (κ1) is 18.3. The van der Waals surface area contributed by atoms with Gasteiger partial charge < -0.3 is 15.0 Å². The molecule has 2 fully saturated rings. The first-order valence-electron chi connectivity index (χ1n) is 8.19. The van der Waals surface area contributed by atoms with Crippen LogP contribution in [-0.4, -0.2) is 43.1 Å². The summed E-state index contributed by atoms with van der Waals surface area (Å²) in [5.74, 6) is 1.67. The van der Waals surface area contributed by atoms with Crippen LogP contribution in [0, 0.1) is 5.41 Å². The number of likely N-dealkylation sites (tertiary alicyclic amines) is 1. The number of hydrogen-bond donors (Lipinski definition) is 1. The Morgan fingerprint density at radius 2 is 2.17 bits per heavy atom. The van der Waals surface area contributed by atoms with E-state index in [0.717, 1.165) is 31.2 Å². The molecule has 0 radical (unpaired) electrons. The molecule has 1 saturated carbocycles. The van der Waals surface area contributed by atoms with Gasteiger partial charge >= 0.3 is 0 Å². The van der Waals surface area contributed by atoms with Gasteiger partial charge in [0.25, 0.3) is 0 Å². The Labute approximate surface area is 155 Å². The Kier molecular flexibility index (Phi) is 6.50. The number of nitrogens with one attached hydrogen (secondary N) is 1. The molecule has 1 aromatic rings. The molecule has 0 bridgehead atoms. The second-order valence-electron chi connectivity index (χ2n) is 6.49. The quantitative estimate of drug-likeness (QED) is 0.455. The minimum absolute atomic E-state index is 0. The Morgan fingerprint density at radius 1 is 1.39 bits per heavy atom. The highest BCUT2D eigenvalue weighted by molar-refractivity contribution is 14.0. The van der Waals surface area contributed by atoms with Crippen LogP contribution < -0.4 is 10.1 Å². The van der Waals surface area contributed by atoms with Crippen LogP contribution in [0.3, 0.4) is 0 Å². The zero-order valence-corrected chi connectivity index (χ0v) is 16.4. The van der Waals surface area contributed by atoms with Crippen LogP contribution in [0.5, 0.6) is 5.88 Å². The van der Waals surface area contributed by atoms with E-state index < -0.39 is 0 Å². The number of ether oxygens (including phenoxy) is 1. The lowest BCUT2D eigenvalue weighted by Crippen LogP contribution is -2.40. The summed E-state index contributed by atoms with van der Waals surface area (Å²) in [4.78, 5) is 11.0. The molecule has 2 aliphatic rings. The van der Waals surface area contributed by atoms with Crippen molar-refractivity contribution in [2.45, 2.75) is 38.6 Å². The molecule has 0 unspecified atom stereocenters. The Bertz CT molecular complexity index is 543. The van der Waals surface area contributed by atoms with Gasteiger partial charge in [0.05, 0.1) is 7.11 Å². The van der Waals surface area contributed by atoms with E-state index in [0.29, 0.717) is 11.3 Å². The van der Waals surface area contributed by atoms with Crippen molar-refractivity contribution in [3.8, 4) is 5.88 Å². The summed E-state index contributed by atoms with van der Waals surface area (Å²) < 4.78 is 5.17. The van der Waals surface area contributed by atoms with Crippen molar-refractivity contribution in [2.75, 3.05) is 27.2 Å². The summed E-state index contributed by atoms with van der Waals surface area (Å²) in [6.07, 6.45) is 8.68. The molecule has 0 atom stereocenters. The molecule has 2 heterocycles. The summed E-state index contributed by atoms with van der Waals surface area (Å²) in [6, 6.07) is 3.97. The van der Waals surface area contributed by atoms with Crippen molar-refractivity contribution in [3.05, 3.63) is 23.9 Å². The number of aromatic nitrogens is 1. The highest BCUT2D eigenvalue weighted by Crippen LogP contribution is 2.45. The number of pyridine rings is 1. The standard InChI is InChI=1S/C17H26N4O.HI/c1-18-16(20-12-14-5-9-19-15(11-14)22-2)21-10-8-17(13-21)6-3-4-7-17;/h5,9,11H,3-4,6-8,10,12-13H2,1-2H3,(H,18,20);1H. The van der Waals surface area contributed by atoms with Gasteiger partial charge in [0.1, 0.15) is 0 Å². The van der Waals surface area contributed by atoms with Crippen molar-refractivity contribution in [3.63, 3.8) is 0 Å². The molecule has 1 saturated heterocycles. The van der Waals surface area contributed by atoms with Crippen molar-refractivity contribution in [1.29, 1.82) is 0 Å². The molecule has 1 aliphatic carbocycles. The third kappa shape index (κ3) is 4.28. The highest BCUT2D eigenvalue weighted by Gasteiger charge is 2.40. The molecule has 5 nitrogen and oxygen atoms in total. The van der Waals surface area contributed by atoms with Crippen molar-refractivity contribution < 1.29 is 4.74 Å². The predicted molar refractivity (Wildman–Crippen MR) is 103 cm³/mol. The van der Waals surface area contributed by atoms with Gasteiger partial charge in [-0.15, -0.1) is 24.0 Å². The topological polar surface area (TPSA) is 49.8 Å². The van der Waals surface area contributed by atoms with Crippen LogP contribution in [-0.2, 0) is 6.54 Å².